The fourth-order valence-corrected chi connectivity index (χ4v) is 2.89. The molecule has 0 saturated carbocycles. The van der Waals surface area contributed by atoms with Crippen molar-refractivity contribution in [1.29, 1.82) is 0 Å². The van der Waals surface area contributed by atoms with Crippen LogP contribution in [0.25, 0.3) is 10.9 Å². The van der Waals surface area contributed by atoms with E-state index in [4.69, 9.17) is 14.2 Å². The average molecular weight is 335 g/mol. The summed E-state index contributed by atoms with van der Waals surface area (Å²) >= 11 is 0. The molecular weight excluding hydrogens is 314 g/mol. The van der Waals surface area contributed by atoms with E-state index in [1.165, 1.54) is 25.5 Å². The highest BCUT2D eigenvalue weighted by Crippen LogP contribution is 2.42. The molecule has 0 bridgehead atoms. The number of benzene rings is 1. The minimum absolute atomic E-state index is 0.0241. The Bertz CT molecular complexity index is 849. The van der Waals surface area contributed by atoms with E-state index in [2.05, 4.69) is 0 Å². The smallest absolute Gasteiger partial charge is 0.257 e. The number of rotatable bonds is 4. The fourth-order valence-electron chi connectivity index (χ4n) is 2.89. The zero-order valence-corrected chi connectivity index (χ0v) is 14.1. The topological polar surface area (TPSA) is 90.2 Å². The summed E-state index contributed by atoms with van der Waals surface area (Å²) in [5.74, 6) is 1.44. The molecule has 130 valence electrons. The van der Waals surface area contributed by atoms with Crippen molar-refractivity contribution < 1.29 is 24.4 Å². The monoisotopic (exact) mass is 335 g/mol. The Balaban J connectivity index is 2.27. The Morgan fingerprint density at radius 3 is 2.71 bits per heavy atom. The number of hydrogen-bond donors (Lipinski definition) is 2. The van der Waals surface area contributed by atoms with E-state index < -0.39 is 11.7 Å². The highest BCUT2D eigenvalue weighted by Gasteiger charge is 2.29. The van der Waals surface area contributed by atoms with Crippen molar-refractivity contribution in [3.63, 3.8) is 0 Å². The molecule has 1 unspecified atom stereocenters. The predicted octanol–water partition coefficient (Wildman–Crippen LogP) is 0.950. The second-order valence-electron chi connectivity index (χ2n) is 6.45. The van der Waals surface area contributed by atoms with Gasteiger partial charge in [0.25, 0.3) is 5.56 Å². The normalized spacial score (nSPS) is 14.9. The van der Waals surface area contributed by atoms with E-state index >= 15 is 0 Å². The van der Waals surface area contributed by atoms with Crippen LogP contribution in [0.5, 0.6) is 17.2 Å². The van der Waals surface area contributed by atoms with Gasteiger partial charge in [0.05, 0.1) is 24.4 Å². The van der Waals surface area contributed by atoms with Crippen molar-refractivity contribution in [3.05, 3.63) is 28.0 Å². The third-order valence-corrected chi connectivity index (χ3v) is 4.35. The molecular formula is C17H21NO6. The van der Waals surface area contributed by atoms with Gasteiger partial charge in [0.1, 0.15) is 11.3 Å². The van der Waals surface area contributed by atoms with Gasteiger partial charge in [-0.25, -0.2) is 0 Å². The van der Waals surface area contributed by atoms with Crippen LogP contribution in [0.4, 0.5) is 0 Å². The molecule has 0 fully saturated rings. The minimum Gasteiger partial charge on any atom is -0.496 e. The molecule has 0 amide bonds. The molecule has 1 atom stereocenters. The summed E-state index contributed by atoms with van der Waals surface area (Å²) in [6, 6.07) is 3.55. The number of pyridine rings is 1. The first kappa shape index (κ1) is 16.6. The lowest BCUT2D eigenvalue weighted by Crippen LogP contribution is -2.39. The van der Waals surface area contributed by atoms with Crippen molar-refractivity contribution >= 4 is 10.9 Å². The van der Waals surface area contributed by atoms with Crippen LogP contribution in [0.3, 0.4) is 0 Å². The lowest BCUT2D eigenvalue weighted by Gasteiger charge is -2.25. The lowest BCUT2D eigenvalue weighted by molar-refractivity contribution is -0.0472. The Kier molecular flexibility index (Phi) is 3.93. The first-order valence-electron chi connectivity index (χ1n) is 7.64. The SMILES string of the molecule is COc1c(CC(O)C(C)(C)O)c(=O)n(C)c2c3c(ccc12)OCO3. The van der Waals surface area contributed by atoms with Gasteiger partial charge in [-0.05, 0) is 26.0 Å². The Labute approximate surface area is 139 Å². The number of methoxy groups -OCH3 is 1. The number of hydrogen-bond acceptors (Lipinski definition) is 6. The van der Waals surface area contributed by atoms with Crippen LogP contribution in [0, 0.1) is 0 Å². The summed E-state index contributed by atoms with van der Waals surface area (Å²) in [5.41, 5.74) is -0.763. The van der Waals surface area contributed by atoms with E-state index in [-0.39, 0.29) is 18.8 Å². The highest BCUT2D eigenvalue weighted by atomic mass is 16.7. The van der Waals surface area contributed by atoms with Gasteiger partial charge in [-0.1, -0.05) is 0 Å². The lowest BCUT2D eigenvalue weighted by atomic mass is 9.94. The molecule has 7 heteroatoms. The van der Waals surface area contributed by atoms with Gasteiger partial charge < -0.3 is 29.0 Å². The van der Waals surface area contributed by atoms with Crippen molar-refractivity contribution in [1.82, 2.24) is 4.57 Å². The summed E-state index contributed by atoms with van der Waals surface area (Å²) in [4.78, 5) is 12.8. The predicted molar refractivity (Wildman–Crippen MR) is 87.9 cm³/mol. The fraction of sp³-hybridized carbons (Fsp3) is 0.471. The molecule has 7 nitrogen and oxygen atoms in total. The molecule has 0 radical (unpaired) electrons. The van der Waals surface area contributed by atoms with Gasteiger partial charge >= 0.3 is 0 Å². The van der Waals surface area contributed by atoms with Gasteiger partial charge in [-0.15, -0.1) is 0 Å². The summed E-state index contributed by atoms with van der Waals surface area (Å²) in [6.07, 6.45) is -1.13. The van der Waals surface area contributed by atoms with Crippen LogP contribution in [0.1, 0.15) is 19.4 Å². The first-order valence-corrected chi connectivity index (χ1v) is 7.64. The van der Waals surface area contributed by atoms with Gasteiger partial charge in [0.15, 0.2) is 11.5 Å². The maximum atomic E-state index is 12.8. The molecule has 0 spiro atoms. The third kappa shape index (κ3) is 2.50. The molecule has 0 aliphatic carbocycles. The number of nitrogens with zero attached hydrogens (tertiary/aromatic N) is 1. The largest absolute Gasteiger partial charge is 0.496 e. The van der Waals surface area contributed by atoms with Crippen LogP contribution in [0.2, 0.25) is 0 Å². The van der Waals surface area contributed by atoms with Crippen LogP contribution < -0.4 is 19.8 Å². The van der Waals surface area contributed by atoms with E-state index in [1.54, 1.807) is 19.2 Å². The third-order valence-electron chi connectivity index (χ3n) is 4.35. The summed E-state index contributed by atoms with van der Waals surface area (Å²) in [7, 11) is 3.10. The second kappa shape index (κ2) is 5.68. The van der Waals surface area contributed by atoms with Crippen molar-refractivity contribution in [2.75, 3.05) is 13.9 Å². The molecule has 2 heterocycles. The van der Waals surface area contributed by atoms with Gasteiger partial charge in [0, 0.05) is 18.9 Å². The van der Waals surface area contributed by atoms with Gasteiger partial charge in [-0.3, -0.25) is 4.79 Å². The minimum atomic E-state index is -1.33. The number of aliphatic hydroxyl groups excluding tert-OH is 1. The van der Waals surface area contributed by atoms with E-state index in [0.29, 0.717) is 33.7 Å². The maximum Gasteiger partial charge on any atom is 0.257 e. The van der Waals surface area contributed by atoms with Crippen molar-refractivity contribution in [3.8, 4) is 17.2 Å². The Hall–Kier alpha value is -2.25. The molecule has 1 aliphatic rings. The Morgan fingerprint density at radius 1 is 1.38 bits per heavy atom. The second-order valence-corrected chi connectivity index (χ2v) is 6.45. The van der Waals surface area contributed by atoms with E-state index in [9.17, 15) is 15.0 Å². The number of aromatic nitrogens is 1. The zero-order chi connectivity index (χ0) is 17.6. The number of aliphatic hydroxyl groups is 2. The molecule has 2 aromatic rings. The summed E-state index contributed by atoms with van der Waals surface area (Å²) in [6.45, 7) is 3.09. The number of aryl methyl sites for hydroxylation is 1. The molecule has 0 saturated heterocycles. The summed E-state index contributed by atoms with van der Waals surface area (Å²) in [5, 5.41) is 20.9. The van der Waals surface area contributed by atoms with Gasteiger partial charge in [0.2, 0.25) is 6.79 Å². The zero-order valence-electron chi connectivity index (χ0n) is 14.1. The van der Waals surface area contributed by atoms with Crippen LogP contribution in [0.15, 0.2) is 16.9 Å². The van der Waals surface area contributed by atoms with Crippen molar-refractivity contribution in [2.24, 2.45) is 7.05 Å². The van der Waals surface area contributed by atoms with E-state index in [0.717, 1.165) is 0 Å². The maximum absolute atomic E-state index is 12.8. The molecule has 3 rings (SSSR count). The van der Waals surface area contributed by atoms with Crippen LogP contribution >= 0.6 is 0 Å². The molecule has 2 N–H and O–H groups in total. The number of ether oxygens (including phenoxy) is 3. The molecule has 1 aromatic carbocycles. The standard InChI is InChI=1S/C17H21NO6/c1-17(2,21)12(19)7-10-14(22-4)9-5-6-11-15(24-8-23-11)13(9)18(3)16(10)20/h5-6,12,19,21H,7-8H2,1-4H3. The Morgan fingerprint density at radius 2 is 2.08 bits per heavy atom. The molecule has 24 heavy (non-hydrogen) atoms. The van der Waals surface area contributed by atoms with Crippen LogP contribution in [-0.2, 0) is 13.5 Å². The molecule has 1 aromatic heterocycles. The van der Waals surface area contributed by atoms with Gasteiger partial charge in [-0.2, -0.15) is 0 Å². The number of fused-ring (bicyclic) bond motifs is 3. The quantitative estimate of drug-likeness (QED) is 0.865. The van der Waals surface area contributed by atoms with Crippen molar-refractivity contribution in [2.45, 2.75) is 32.0 Å². The summed E-state index contributed by atoms with van der Waals surface area (Å²) < 4.78 is 17.8. The average Bonchev–Trinajstić information content (AvgIpc) is 2.99. The molecule has 1 aliphatic heterocycles. The van der Waals surface area contributed by atoms with E-state index in [1.807, 2.05) is 0 Å². The first-order chi connectivity index (χ1) is 11.3. The van der Waals surface area contributed by atoms with Crippen LogP contribution in [-0.4, -0.2) is 40.4 Å². The highest BCUT2D eigenvalue weighted by molar-refractivity contribution is 5.93.